The first-order valence-electron chi connectivity index (χ1n) is 4.08. The monoisotopic (exact) mass is 212 g/mol. The Morgan fingerprint density at radius 3 is 2.80 bits per heavy atom. The number of carboxylic acid groups (broad SMARTS) is 1. The number of benzene rings is 1. The molecule has 0 radical (unpaired) electrons. The third-order valence-electron chi connectivity index (χ3n) is 2.03. The smallest absolute Gasteiger partial charge is 0.335 e. The molecule has 0 fully saturated rings. The predicted octanol–water partition coefficient (Wildman–Crippen LogP) is 2.13. The summed E-state index contributed by atoms with van der Waals surface area (Å²) in [4.78, 5) is 10.6. The van der Waals surface area contributed by atoms with Gasteiger partial charge < -0.3 is 5.11 Å². The third-order valence-corrected chi connectivity index (χ3v) is 2.03. The van der Waals surface area contributed by atoms with Crippen molar-refractivity contribution in [3.8, 4) is 0 Å². The van der Waals surface area contributed by atoms with Crippen LogP contribution in [0.1, 0.15) is 16.9 Å². The molecule has 78 valence electrons. The molecule has 0 amide bonds. The summed E-state index contributed by atoms with van der Waals surface area (Å²) in [6.45, 7) is -2.77. The summed E-state index contributed by atoms with van der Waals surface area (Å²) in [6, 6.07) is 3.98. The van der Waals surface area contributed by atoms with Gasteiger partial charge in [0.15, 0.2) is 0 Å². The molecule has 0 saturated carbocycles. The van der Waals surface area contributed by atoms with Crippen LogP contribution in [0.5, 0.6) is 0 Å². The number of alkyl halides is 2. The van der Waals surface area contributed by atoms with Crippen LogP contribution in [0.4, 0.5) is 8.78 Å². The maximum atomic E-state index is 12.4. The second kappa shape index (κ2) is 3.30. The molecule has 4 nitrogen and oxygen atoms in total. The summed E-state index contributed by atoms with van der Waals surface area (Å²) >= 11 is 0. The molecule has 2 rings (SSSR count). The Hall–Kier alpha value is -1.98. The molecule has 1 N–H and O–H groups in total. The third kappa shape index (κ3) is 1.54. The number of aromatic nitrogens is 2. The molecule has 6 heteroatoms. The first kappa shape index (κ1) is 9.57. The minimum atomic E-state index is -2.77. The van der Waals surface area contributed by atoms with E-state index in [0.717, 1.165) is 0 Å². The van der Waals surface area contributed by atoms with Crippen LogP contribution in [0.15, 0.2) is 24.4 Å². The van der Waals surface area contributed by atoms with Crippen molar-refractivity contribution in [3.05, 3.63) is 30.0 Å². The average molecular weight is 212 g/mol. The molecule has 0 aliphatic carbocycles. The number of hydrogen-bond donors (Lipinski definition) is 1. The van der Waals surface area contributed by atoms with Crippen molar-refractivity contribution in [1.29, 1.82) is 0 Å². The van der Waals surface area contributed by atoms with Crippen LogP contribution in [0.3, 0.4) is 0 Å². The number of halogens is 2. The van der Waals surface area contributed by atoms with Gasteiger partial charge in [-0.2, -0.15) is 13.9 Å². The number of rotatable bonds is 2. The lowest BCUT2D eigenvalue weighted by molar-refractivity contribution is 0.0612. The highest BCUT2D eigenvalue weighted by Crippen LogP contribution is 2.20. The van der Waals surface area contributed by atoms with Gasteiger partial charge in [-0.15, -0.1) is 0 Å². The van der Waals surface area contributed by atoms with Gasteiger partial charge in [-0.25, -0.2) is 9.48 Å². The average Bonchev–Trinajstić information content (AvgIpc) is 2.59. The van der Waals surface area contributed by atoms with Gasteiger partial charge in [0.1, 0.15) is 0 Å². The highest BCUT2D eigenvalue weighted by Gasteiger charge is 2.13. The number of nitrogens with zero attached hydrogens (tertiary/aromatic N) is 2. The van der Waals surface area contributed by atoms with Gasteiger partial charge in [0.25, 0.3) is 0 Å². The molecule has 0 unspecified atom stereocenters. The molecule has 1 heterocycles. The first-order valence-corrected chi connectivity index (χ1v) is 4.08. The molecule has 1 aromatic carbocycles. The zero-order valence-corrected chi connectivity index (χ0v) is 7.39. The van der Waals surface area contributed by atoms with E-state index in [1.807, 2.05) is 0 Å². The molecular formula is C9H6F2N2O2. The van der Waals surface area contributed by atoms with E-state index in [2.05, 4.69) is 5.10 Å². The van der Waals surface area contributed by atoms with Crippen LogP contribution in [0.25, 0.3) is 10.9 Å². The Balaban J connectivity index is 2.66. The maximum absolute atomic E-state index is 12.4. The molecule has 0 bridgehead atoms. The van der Waals surface area contributed by atoms with Crippen molar-refractivity contribution in [3.63, 3.8) is 0 Å². The van der Waals surface area contributed by atoms with Gasteiger partial charge >= 0.3 is 12.5 Å². The summed E-state index contributed by atoms with van der Waals surface area (Å²) < 4.78 is 25.3. The van der Waals surface area contributed by atoms with Crippen LogP contribution in [0.2, 0.25) is 0 Å². The Morgan fingerprint density at radius 2 is 2.20 bits per heavy atom. The van der Waals surface area contributed by atoms with Crippen LogP contribution in [-0.2, 0) is 0 Å². The highest BCUT2D eigenvalue weighted by molar-refractivity contribution is 5.93. The molecule has 15 heavy (non-hydrogen) atoms. The molecule has 0 spiro atoms. The lowest BCUT2D eigenvalue weighted by Gasteiger charge is -2.01. The second-order valence-corrected chi connectivity index (χ2v) is 2.95. The van der Waals surface area contributed by atoms with Gasteiger partial charge in [0, 0.05) is 5.39 Å². The van der Waals surface area contributed by atoms with Crippen molar-refractivity contribution in [2.45, 2.75) is 6.55 Å². The number of aromatic carboxylic acids is 1. The zero-order chi connectivity index (χ0) is 11.0. The molecule has 2 aromatic rings. The van der Waals surface area contributed by atoms with Gasteiger partial charge in [-0.05, 0) is 12.1 Å². The van der Waals surface area contributed by atoms with Gasteiger partial charge in [0.05, 0.1) is 17.3 Å². The van der Waals surface area contributed by atoms with E-state index >= 15 is 0 Å². The Kier molecular flexibility index (Phi) is 2.11. The van der Waals surface area contributed by atoms with E-state index < -0.39 is 12.5 Å². The van der Waals surface area contributed by atoms with E-state index in [0.29, 0.717) is 10.1 Å². The summed E-state index contributed by atoms with van der Waals surface area (Å²) in [5.41, 5.74) is 0.0785. The van der Waals surface area contributed by atoms with Crippen LogP contribution >= 0.6 is 0 Å². The fraction of sp³-hybridized carbons (Fsp3) is 0.111. The van der Waals surface area contributed by atoms with E-state index in [1.54, 1.807) is 0 Å². The molecule has 0 saturated heterocycles. The lowest BCUT2D eigenvalue weighted by Crippen LogP contribution is -2.01. The summed E-state index contributed by atoms with van der Waals surface area (Å²) in [6.07, 6.45) is 1.27. The number of carboxylic acids is 1. The van der Waals surface area contributed by atoms with Crippen molar-refractivity contribution in [2.75, 3.05) is 0 Å². The number of fused-ring (bicyclic) bond motifs is 1. The normalized spacial score (nSPS) is 11.1. The molecule has 0 aliphatic rings. The van der Waals surface area contributed by atoms with E-state index in [4.69, 9.17) is 5.11 Å². The van der Waals surface area contributed by atoms with E-state index in [9.17, 15) is 13.6 Å². The van der Waals surface area contributed by atoms with Crippen LogP contribution < -0.4 is 0 Å². The Bertz CT molecular complexity index is 522. The molecular weight excluding hydrogens is 206 g/mol. The largest absolute Gasteiger partial charge is 0.478 e. The Morgan fingerprint density at radius 1 is 1.47 bits per heavy atom. The van der Waals surface area contributed by atoms with Gasteiger partial charge in [-0.3, -0.25) is 0 Å². The van der Waals surface area contributed by atoms with Gasteiger partial charge in [0.2, 0.25) is 0 Å². The minimum Gasteiger partial charge on any atom is -0.478 e. The van der Waals surface area contributed by atoms with Crippen molar-refractivity contribution < 1.29 is 18.7 Å². The second-order valence-electron chi connectivity index (χ2n) is 2.95. The minimum absolute atomic E-state index is 0.0371. The zero-order valence-electron chi connectivity index (χ0n) is 7.39. The Labute approximate surface area is 82.7 Å². The van der Waals surface area contributed by atoms with Crippen molar-refractivity contribution in [1.82, 2.24) is 9.78 Å². The van der Waals surface area contributed by atoms with E-state index in [-0.39, 0.29) is 11.1 Å². The van der Waals surface area contributed by atoms with Gasteiger partial charge in [-0.1, -0.05) is 6.07 Å². The van der Waals surface area contributed by atoms with E-state index in [1.165, 1.54) is 24.4 Å². The summed E-state index contributed by atoms with van der Waals surface area (Å²) in [7, 11) is 0. The summed E-state index contributed by atoms with van der Waals surface area (Å²) in [5.74, 6) is -1.15. The predicted molar refractivity (Wildman–Crippen MR) is 47.9 cm³/mol. The number of hydrogen-bond acceptors (Lipinski definition) is 2. The van der Waals surface area contributed by atoms with Crippen LogP contribution in [-0.4, -0.2) is 20.9 Å². The maximum Gasteiger partial charge on any atom is 0.335 e. The topological polar surface area (TPSA) is 55.1 Å². The van der Waals surface area contributed by atoms with Crippen molar-refractivity contribution >= 4 is 16.9 Å². The molecule has 0 aliphatic heterocycles. The lowest BCUT2D eigenvalue weighted by atomic mass is 10.2. The fourth-order valence-electron chi connectivity index (χ4n) is 1.33. The SMILES string of the molecule is O=C(O)c1ccc2cnn(C(F)F)c2c1. The first-order chi connectivity index (χ1) is 7.09. The molecule has 0 atom stereocenters. The summed E-state index contributed by atoms with van der Waals surface area (Å²) in [5, 5.41) is 12.6. The fourth-order valence-corrected chi connectivity index (χ4v) is 1.33. The standard InChI is InChI=1S/C9H6F2N2O2/c10-9(11)13-7-3-5(8(14)15)1-2-6(7)4-12-13/h1-4,9H,(H,14,15). The highest BCUT2D eigenvalue weighted by atomic mass is 19.3. The quantitative estimate of drug-likeness (QED) is 0.829. The van der Waals surface area contributed by atoms with Crippen LogP contribution in [0, 0.1) is 0 Å². The molecule has 1 aromatic heterocycles. The number of carbonyl (C=O) groups is 1. The van der Waals surface area contributed by atoms with Crippen molar-refractivity contribution in [2.24, 2.45) is 0 Å².